The Kier molecular flexibility index (Phi) is 8.33. The molecule has 8 atom stereocenters. The average Bonchev–Trinajstić information content (AvgIpc) is 3.54. The largest absolute Gasteiger partial charge is 0.379 e. The third-order valence-electron chi connectivity index (χ3n) is 9.39. The molecular weight excluding hydrogens is 530 g/mol. The van der Waals surface area contributed by atoms with Crippen molar-refractivity contribution < 1.29 is 23.9 Å². The Morgan fingerprint density at radius 2 is 2.00 bits per heavy atom. The van der Waals surface area contributed by atoms with Crippen LogP contribution >= 0.6 is 11.6 Å². The zero-order chi connectivity index (χ0) is 28.8. The molecule has 0 aromatic heterocycles. The number of nitrogens with zero attached hydrogens (tertiary/aromatic N) is 1. The topological polar surface area (TPSA) is 97.0 Å². The first-order valence-corrected chi connectivity index (χ1v) is 15.1. The number of anilines is 1. The Balaban J connectivity index is 1.41. The summed E-state index contributed by atoms with van der Waals surface area (Å²) in [6.07, 6.45) is 6.91. The molecule has 2 N–H and O–H groups in total. The first-order valence-electron chi connectivity index (χ1n) is 14.7. The Morgan fingerprint density at radius 1 is 1.23 bits per heavy atom. The minimum absolute atomic E-state index is 0.0425. The smallest absolute Gasteiger partial charge is 0.246 e. The van der Waals surface area contributed by atoms with Gasteiger partial charge in [-0.1, -0.05) is 56.5 Å². The number of hydrogen-bond donors (Lipinski definition) is 2. The van der Waals surface area contributed by atoms with Crippen molar-refractivity contribution in [3.8, 4) is 0 Å². The number of halogens is 1. The summed E-state index contributed by atoms with van der Waals surface area (Å²) in [6, 6.07) is 4.53. The van der Waals surface area contributed by atoms with Gasteiger partial charge in [-0.15, -0.1) is 0 Å². The highest BCUT2D eigenvalue weighted by Gasteiger charge is 2.72. The minimum atomic E-state index is -1.18. The summed E-state index contributed by atoms with van der Waals surface area (Å²) in [6.45, 7) is 11.1. The van der Waals surface area contributed by atoms with Gasteiger partial charge in [0.1, 0.15) is 11.6 Å². The number of hydrogen-bond acceptors (Lipinski definition) is 5. The molecule has 3 heterocycles. The molecule has 218 valence electrons. The zero-order valence-electron chi connectivity index (χ0n) is 24.1. The molecule has 3 aliphatic heterocycles. The number of amides is 3. The maximum Gasteiger partial charge on any atom is 0.246 e. The third-order valence-corrected chi connectivity index (χ3v) is 9.80. The molecule has 1 saturated carbocycles. The highest BCUT2D eigenvalue weighted by atomic mass is 35.5. The fraction of sp³-hybridized carbons (Fsp3) is 0.645. The number of aryl methyl sites for hydroxylation is 1. The molecule has 1 aromatic carbocycles. The molecule has 5 rings (SSSR count). The van der Waals surface area contributed by atoms with E-state index in [0.717, 1.165) is 24.8 Å². The van der Waals surface area contributed by atoms with Crippen LogP contribution in [0.2, 0.25) is 5.02 Å². The summed E-state index contributed by atoms with van der Waals surface area (Å²) >= 11 is 6.28. The van der Waals surface area contributed by atoms with Crippen LogP contribution < -0.4 is 10.6 Å². The predicted molar refractivity (Wildman–Crippen MR) is 154 cm³/mol. The molecule has 1 aliphatic carbocycles. The quantitative estimate of drug-likeness (QED) is 0.336. The normalized spacial score (nSPS) is 34.4. The average molecular weight is 572 g/mol. The lowest BCUT2D eigenvalue weighted by Gasteiger charge is -2.38. The van der Waals surface area contributed by atoms with Gasteiger partial charge in [0, 0.05) is 29.9 Å². The Hall–Kier alpha value is -2.42. The number of ether oxygens (including phenoxy) is 2. The van der Waals surface area contributed by atoms with Crippen LogP contribution in [0.1, 0.15) is 58.9 Å². The molecule has 2 saturated heterocycles. The van der Waals surface area contributed by atoms with Crippen LogP contribution in [0, 0.1) is 30.6 Å². The van der Waals surface area contributed by atoms with Crippen molar-refractivity contribution in [2.24, 2.45) is 23.7 Å². The van der Waals surface area contributed by atoms with E-state index >= 15 is 0 Å². The van der Waals surface area contributed by atoms with Gasteiger partial charge in [-0.05, 0) is 63.1 Å². The third kappa shape index (κ3) is 5.19. The molecule has 0 radical (unpaired) electrons. The van der Waals surface area contributed by atoms with Crippen molar-refractivity contribution in [2.45, 2.75) is 90.2 Å². The monoisotopic (exact) mass is 571 g/mol. The van der Waals surface area contributed by atoms with Crippen LogP contribution in [0.3, 0.4) is 0 Å². The summed E-state index contributed by atoms with van der Waals surface area (Å²) in [7, 11) is 0. The van der Waals surface area contributed by atoms with Gasteiger partial charge in [0.15, 0.2) is 0 Å². The van der Waals surface area contributed by atoms with E-state index in [9.17, 15) is 14.4 Å². The highest BCUT2D eigenvalue weighted by Crippen LogP contribution is 2.55. The van der Waals surface area contributed by atoms with E-state index in [4.69, 9.17) is 21.1 Å². The Bertz CT molecular complexity index is 1190. The van der Waals surface area contributed by atoms with Gasteiger partial charge in [-0.25, -0.2) is 0 Å². The second-order valence-electron chi connectivity index (χ2n) is 12.3. The van der Waals surface area contributed by atoms with Gasteiger partial charge in [0.05, 0.1) is 24.0 Å². The molecular formula is C31H42ClN3O5. The van der Waals surface area contributed by atoms with E-state index in [1.165, 1.54) is 0 Å². The lowest BCUT2D eigenvalue weighted by atomic mass is 9.73. The minimum Gasteiger partial charge on any atom is -0.379 e. The van der Waals surface area contributed by atoms with E-state index in [-0.39, 0.29) is 29.9 Å². The number of carbonyl (C=O) groups excluding carboxylic acids is 3. The highest BCUT2D eigenvalue weighted by molar-refractivity contribution is 6.31. The van der Waals surface area contributed by atoms with Crippen LogP contribution in [-0.2, 0) is 23.9 Å². The van der Waals surface area contributed by atoms with Crippen LogP contribution in [0.4, 0.5) is 5.69 Å². The molecule has 9 heteroatoms. The zero-order valence-corrected chi connectivity index (χ0v) is 24.9. The van der Waals surface area contributed by atoms with Gasteiger partial charge in [-0.3, -0.25) is 14.4 Å². The van der Waals surface area contributed by atoms with Crippen LogP contribution in [-0.4, -0.2) is 65.7 Å². The lowest BCUT2D eigenvalue weighted by Crippen LogP contribution is -2.58. The lowest BCUT2D eigenvalue weighted by molar-refractivity contribution is -0.142. The summed E-state index contributed by atoms with van der Waals surface area (Å²) in [5, 5.41) is 6.78. The van der Waals surface area contributed by atoms with E-state index in [0.29, 0.717) is 42.1 Å². The predicted octanol–water partition coefficient (Wildman–Crippen LogP) is 4.49. The van der Waals surface area contributed by atoms with Crippen molar-refractivity contribution in [2.75, 3.05) is 18.5 Å². The van der Waals surface area contributed by atoms with Gasteiger partial charge in [-0.2, -0.15) is 0 Å². The summed E-state index contributed by atoms with van der Waals surface area (Å²) < 4.78 is 12.2. The van der Waals surface area contributed by atoms with E-state index in [1.54, 1.807) is 17.0 Å². The van der Waals surface area contributed by atoms with E-state index in [1.807, 2.05) is 39.0 Å². The van der Waals surface area contributed by atoms with Gasteiger partial charge >= 0.3 is 0 Å². The number of rotatable bonds is 9. The summed E-state index contributed by atoms with van der Waals surface area (Å²) in [4.78, 5) is 43.4. The first kappa shape index (κ1) is 29.1. The molecule has 40 heavy (non-hydrogen) atoms. The number of fused-ring (bicyclic) bond motifs is 1. The molecule has 1 spiro atoms. The second-order valence-corrected chi connectivity index (χ2v) is 12.7. The Labute approximate surface area is 242 Å². The number of likely N-dealkylation sites (tertiary alicyclic amines) is 1. The maximum absolute atomic E-state index is 14.1. The number of nitrogens with one attached hydrogen (secondary N) is 2. The van der Waals surface area contributed by atoms with Crippen molar-refractivity contribution in [1.82, 2.24) is 10.2 Å². The standard InChI is InChI=1S/C31H42ClN3O5/c1-17(2)39-15-7-14-35-27(29(37)34-23-9-6-8-18(3)20(23)5)31-13-12-24(40-31)25(26(31)30(35)38)28(36)33-21-11-10-19(4)22(32)16-21/h10-13,16-18,20,23-27H,6-9,14-15H2,1-5H3,(H,33,36)(H,34,37)/t18-,20-,23+,24-,25+,26-,27-,31-/m0/s1. The molecule has 4 aliphatic rings. The molecule has 3 amide bonds. The van der Waals surface area contributed by atoms with Crippen molar-refractivity contribution in [3.63, 3.8) is 0 Å². The van der Waals surface area contributed by atoms with Crippen molar-refractivity contribution in [3.05, 3.63) is 40.9 Å². The second kappa shape index (κ2) is 11.5. The first-order chi connectivity index (χ1) is 19.0. The molecule has 3 fully saturated rings. The van der Waals surface area contributed by atoms with Crippen LogP contribution in [0.5, 0.6) is 0 Å². The fourth-order valence-electron chi connectivity index (χ4n) is 7.01. The van der Waals surface area contributed by atoms with E-state index < -0.39 is 29.6 Å². The van der Waals surface area contributed by atoms with E-state index in [2.05, 4.69) is 24.5 Å². The molecule has 2 bridgehead atoms. The molecule has 1 aromatic rings. The summed E-state index contributed by atoms with van der Waals surface area (Å²) in [5.41, 5.74) is 0.286. The van der Waals surface area contributed by atoms with Crippen LogP contribution in [0.15, 0.2) is 30.4 Å². The SMILES string of the molecule is Cc1ccc(NC(=O)[C@@H]2[C@@H]3C=C[C@]4(O3)[C@@H]2C(=O)N(CCCOC(C)C)[C@H]4C(=O)N[C@@H]2CCC[C@H](C)[C@@H]2C)cc1Cl. The maximum atomic E-state index is 14.1. The number of carbonyl (C=O) groups is 3. The van der Waals surface area contributed by atoms with Gasteiger partial charge in [0.25, 0.3) is 0 Å². The van der Waals surface area contributed by atoms with Gasteiger partial charge in [0.2, 0.25) is 17.7 Å². The van der Waals surface area contributed by atoms with Crippen molar-refractivity contribution in [1.29, 1.82) is 0 Å². The molecule has 0 unspecified atom stereocenters. The fourth-order valence-corrected chi connectivity index (χ4v) is 7.19. The van der Waals surface area contributed by atoms with Crippen LogP contribution in [0.25, 0.3) is 0 Å². The number of benzene rings is 1. The van der Waals surface area contributed by atoms with Gasteiger partial charge < -0.3 is 25.0 Å². The summed E-state index contributed by atoms with van der Waals surface area (Å²) in [5.74, 6) is -1.42. The molecule has 8 nitrogen and oxygen atoms in total. The Morgan fingerprint density at radius 3 is 2.73 bits per heavy atom. The van der Waals surface area contributed by atoms with Crippen molar-refractivity contribution >= 4 is 35.0 Å².